The van der Waals surface area contributed by atoms with Gasteiger partial charge < -0.3 is 24.5 Å². The lowest BCUT2D eigenvalue weighted by Gasteiger charge is -2.42. The molecule has 0 radical (unpaired) electrons. The van der Waals surface area contributed by atoms with E-state index in [1.807, 2.05) is 58.0 Å². The predicted octanol–water partition coefficient (Wildman–Crippen LogP) is 4.19. The highest BCUT2D eigenvalue weighted by molar-refractivity contribution is 6.03. The molecule has 0 aromatic heterocycles. The first-order chi connectivity index (χ1) is 19.5. The molecule has 3 amide bonds. The summed E-state index contributed by atoms with van der Waals surface area (Å²) in [4.78, 5) is 48.7. The second-order valence-corrected chi connectivity index (χ2v) is 12.5. The van der Waals surface area contributed by atoms with Crippen LogP contribution < -0.4 is 4.90 Å². The second-order valence-electron chi connectivity index (χ2n) is 12.5. The average Bonchev–Trinajstić information content (AvgIpc) is 3.51. The molecule has 0 aliphatic carbocycles. The summed E-state index contributed by atoms with van der Waals surface area (Å²) in [5, 5.41) is 10.5. The van der Waals surface area contributed by atoms with Gasteiger partial charge in [-0.1, -0.05) is 57.5 Å². The maximum atomic E-state index is 14.6. The lowest BCUT2D eigenvalue weighted by molar-refractivity contribution is -0.157. The Morgan fingerprint density at radius 1 is 1.12 bits per heavy atom. The van der Waals surface area contributed by atoms with Crippen molar-refractivity contribution in [3.05, 3.63) is 55.6 Å². The number of amides is 3. The fraction of sp³-hybridized carbons (Fsp3) is 0.606. The van der Waals surface area contributed by atoms with Crippen molar-refractivity contribution in [2.75, 3.05) is 24.6 Å². The van der Waals surface area contributed by atoms with Gasteiger partial charge in [-0.15, -0.1) is 13.2 Å². The van der Waals surface area contributed by atoms with Gasteiger partial charge in [0.25, 0.3) is 0 Å². The Bertz CT molecular complexity index is 1150. The molecule has 41 heavy (non-hydrogen) atoms. The van der Waals surface area contributed by atoms with E-state index in [4.69, 9.17) is 4.74 Å². The minimum Gasteiger partial charge on any atom is -0.394 e. The molecule has 7 atom stereocenters. The van der Waals surface area contributed by atoms with Crippen molar-refractivity contribution >= 4 is 23.4 Å². The van der Waals surface area contributed by atoms with Gasteiger partial charge in [-0.3, -0.25) is 14.4 Å². The zero-order valence-corrected chi connectivity index (χ0v) is 25.3. The molecule has 3 aliphatic heterocycles. The molecule has 1 aromatic carbocycles. The third-order valence-corrected chi connectivity index (χ3v) is 9.52. The van der Waals surface area contributed by atoms with Crippen LogP contribution in [0.4, 0.5) is 5.69 Å². The van der Waals surface area contributed by atoms with Crippen molar-refractivity contribution in [3.8, 4) is 0 Å². The summed E-state index contributed by atoms with van der Waals surface area (Å²) in [6.45, 7) is 18.0. The molecule has 3 unspecified atom stereocenters. The Morgan fingerprint density at radius 3 is 2.34 bits per heavy atom. The van der Waals surface area contributed by atoms with E-state index in [1.165, 1.54) is 0 Å². The van der Waals surface area contributed by atoms with Crippen LogP contribution in [0.1, 0.15) is 60.3 Å². The van der Waals surface area contributed by atoms with Gasteiger partial charge >= 0.3 is 0 Å². The van der Waals surface area contributed by atoms with E-state index in [-0.39, 0.29) is 42.8 Å². The fourth-order valence-corrected chi connectivity index (χ4v) is 7.58. The third-order valence-electron chi connectivity index (χ3n) is 9.52. The molecule has 3 aliphatic rings. The highest BCUT2D eigenvalue weighted by atomic mass is 16.5. The molecule has 3 heterocycles. The number of likely N-dealkylation sites (tertiary alicyclic amines) is 1. The summed E-state index contributed by atoms with van der Waals surface area (Å²) < 4.78 is 6.86. The largest absolute Gasteiger partial charge is 0.394 e. The van der Waals surface area contributed by atoms with Crippen LogP contribution in [-0.2, 0) is 19.1 Å². The number of hydrogen-bond donors (Lipinski definition) is 1. The van der Waals surface area contributed by atoms with Crippen molar-refractivity contribution in [1.29, 1.82) is 0 Å². The van der Waals surface area contributed by atoms with Crippen LogP contribution in [0, 0.1) is 17.8 Å². The van der Waals surface area contributed by atoms with Crippen molar-refractivity contribution in [2.45, 2.75) is 89.6 Å². The van der Waals surface area contributed by atoms with E-state index in [0.29, 0.717) is 25.1 Å². The smallest absolute Gasteiger partial charge is 0.248 e. The Kier molecular flexibility index (Phi) is 9.14. The molecule has 3 saturated heterocycles. The number of aliphatic hydroxyl groups is 1. The topological polar surface area (TPSA) is 90.4 Å². The minimum absolute atomic E-state index is 0.0719. The zero-order valence-electron chi connectivity index (χ0n) is 25.3. The van der Waals surface area contributed by atoms with Gasteiger partial charge in [-0.05, 0) is 51.2 Å². The summed E-state index contributed by atoms with van der Waals surface area (Å²) in [5.41, 5.74) is -1.34. The van der Waals surface area contributed by atoms with Crippen LogP contribution in [0.25, 0.3) is 0 Å². The van der Waals surface area contributed by atoms with Crippen LogP contribution in [0.3, 0.4) is 0 Å². The number of fused-ring (bicyclic) bond motifs is 1. The summed E-state index contributed by atoms with van der Waals surface area (Å²) in [7, 11) is 0. The number of aliphatic hydroxyl groups excluding tert-OH is 1. The van der Waals surface area contributed by atoms with Gasteiger partial charge in [0.05, 0.1) is 30.1 Å². The van der Waals surface area contributed by atoms with E-state index in [1.54, 1.807) is 26.9 Å². The van der Waals surface area contributed by atoms with Crippen LogP contribution in [-0.4, -0.2) is 81.7 Å². The summed E-state index contributed by atoms with van der Waals surface area (Å²) in [6.07, 6.45) is 6.13. The third kappa shape index (κ3) is 5.03. The number of benzene rings is 1. The lowest BCUT2D eigenvalue weighted by Crippen LogP contribution is -2.60. The van der Waals surface area contributed by atoms with E-state index in [2.05, 4.69) is 20.1 Å². The molecule has 2 bridgehead atoms. The van der Waals surface area contributed by atoms with E-state index >= 15 is 0 Å². The second kappa shape index (κ2) is 12.1. The number of ether oxygens (including phenoxy) is 1. The molecule has 0 saturated carbocycles. The number of carbonyl (C=O) groups excluding carboxylic acids is 3. The Labute approximate surface area is 245 Å². The first-order valence-electron chi connectivity index (χ1n) is 15.0. The van der Waals surface area contributed by atoms with Crippen molar-refractivity contribution < 1.29 is 24.2 Å². The maximum absolute atomic E-state index is 14.6. The summed E-state index contributed by atoms with van der Waals surface area (Å²) >= 11 is 0. The quantitative estimate of drug-likeness (QED) is 0.362. The van der Waals surface area contributed by atoms with Crippen LogP contribution in [0.5, 0.6) is 0 Å². The molecular weight excluding hydrogens is 518 g/mol. The normalized spacial score (nSPS) is 29.8. The van der Waals surface area contributed by atoms with Crippen molar-refractivity contribution in [3.63, 3.8) is 0 Å². The molecule has 1 N–H and O–H groups in total. The number of nitrogens with zero attached hydrogens (tertiary/aromatic N) is 3. The van der Waals surface area contributed by atoms with E-state index < -0.39 is 35.1 Å². The fourth-order valence-electron chi connectivity index (χ4n) is 7.58. The van der Waals surface area contributed by atoms with Gasteiger partial charge in [0.15, 0.2) is 0 Å². The minimum atomic E-state index is -1.16. The lowest BCUT2D eigenvalue weighted by atomic mass is 9.66. The van der Waals surface area contributed by atoms with Crippen LogP contribution in [0.15, 0.2) is 55.6 Å². The van der Waals surface area contributed by atoms with Gasteiger partial charge in [0, 0.05) is 24.8 Å². The summed E-state index contributed by atoms with van der Waals surface area (Å²) in [5.74, 6) is -2.43. The Hall–Kier alpha value is -2.97. The first kappa shape index (κ1) is 31.0. The first-order valence-corrected chi connectivity index (χ1v) is 15.0. The van der Waals surface area contributed by atoms with Crippen molar-refractivity contribution in [1.82, 2.24) is 9.80 Å². The number of carbonyl (C=O) groups is 3. The van der Waals surface area contributed by atoms with Gasteiger partial charge in [-0.25, -0.2) is 0 Å². The maximum Gasteiger partial charge on any atom is 0.248 e. The van der Waals surface area contributed by atoms with Gasteiger partial charge in [0.2, 0.25) is 17.7 Å². The number of hydrogen-bond acceptors (Lipinski definition) is 5. The molecule has 8 nitrogen and oxygen atoms in total. The van der Waals surface area contributed by atoms with Crippen LogP contribution >= 0.6 is 0 Å². The molecule has 1 aromatic rings. The number of rotatable bonds is 13. The molecular formula is C33H47N3O5. The van der Waals surface area contributed by atoms with Gasteiger partial charge in [-0.2, -0.15) is 0 Å². The van der Waals surface area contributed by atoms with Crippen LogP contribution in [0.2, 0.25) is 0 Å². The highest BCUT2D eigenvalue weighted by Gasteiger charge is 2.79. The molecule has 224 valence electrons. The highest BCUT2D eigenvalue weighted by Crippen LogP contribution is 2.64. The standard InChI is InChI=1S/C33H47N3O5/c1-8-14-23(6)34(19-9-2)31(40)28-33-18-17-32(7,41-33)26(27(33)30(39)36(28)25(21-37)22(4)5)29(38)35(20-10-3)24-15-12-11-13-16-24/h9-13,15-16,22-23,25-28,37H,2-3,8,14,17-21H2,1,4-7H3/t23?,25-,26+,27-,28?,32-,33?/m0/s1. The van der Waals surface area contributed by atoms with Gasteiger partial charge in [0.1, 0.15) is 11.6 Å². The zero-order chi connectivity index (χ0) is 30.1. The predicted molar refractivity (Wildman–Crippen MR) is 160 cm³/mol. The Balaban J connectivity index is 1.85. The van der Waals surface area contributed by atoms with Crippen molar-refractivity contribution in [2.24, 2.45) is 17.8 Å². The van der Waals surface area contributed by atoms with E-state index in [0.717, 1.165) is 12.8 Å². The molecule has 4 rings (SSSR count). The number of para-hydroxylation sites is 1. The molecule has 1 spiro atoms. The SMILES string of the molecule is C=CCN(C(=O)[C@H]1[C@H]2C(=O)N([C@@H](CO)C(C)C)C(C(=O)N(CC=C)C(C)CCC)C23CC[C@]1(C)O3)c1ccccc1. The average molecular weight is 566 g/mol. The number of anilines is 1. The molecule has 8 heteroatoms. The monoisotopic (exact) mass is 565 g/mol. The summed E-state index contributed by atoms with van der Waals surface area (Å²) in [6, 6.07) is 7.76. The Morgan fingerprint density at radius 2 is 1.78 bits per heavy atom. The molecule has 3 fully saturated rings. The van der Waals surface area contributed by atoms with E-state index in [9.17, 15) is 19.5 Å².